The van der Waals surface area contributed by atoms with Gasteiger partial charge in [0.15, 0.2) is 5.76 Å². The van der Waals surface area contributed by atoms with Gasteiger partial charge >= 0.3 is 0 Å². The fourth-order valence-electron chi connectivity index (χ4n) is 3.80. The first kappa shape index (κ1) is 16.8. The molecular weight excluding hydrogens is 380 g/mol. The molecule has 124 valence electrons. The van der Waals surface area contributed by atoms with Gasteiger partial charge in [-0.3, -0.25) is 4.79 Å². The summed E-state index contributed by atoms with van der Waals surface area (Å²) in [4.78, 5) is 14.6. The lowest BCUT2D eigenvalue weighted by molar-refractivity contribution is 0.0652. The van der Waals surface area contributed by atoms with Crippen LogP contribution in [-0.4, -0.2) is 36.0 Å². The van der Waals surface area contributed by atoms with Crippen molar-refractivity contribution >= 4 is 45.2 Å². The van der Waals surface area contributed by atoms with Crippen molar-refractivity contribution in [2.45, 2.75) is 43.8 Å². The van der Waals surface area contributed by atoms with E-state index in [-0.39, 0.29) is 18.3 Å². The van der Waals surface area contributed by atoms with E-state index in [1.807, 2.05) is 36.2 Å². The molecule has 6 heteroatoms. The number of benzene rings is 1. The van der Waals surface area contributed by atoms with Crippen LogP contribution in [0, 0.1) is 0 Å². The van der Waals surface area contributed by atoms with Gasteiger partial charge in [0.1, 0.15) is 5.58 Å². The van der Waals surface area contributed by atoms with Crippen molar-refractivity contribution in [3.8, 4) is 0 Å². The van der Waals surface area contributed by atoms with Gasteiger partial charge in [-0.05, 0) is 49.9 Å². The van der Waals surface area contributed by atoms with E-state index in [0.29, 0.717) is 23.9 Å². The van der Waals surface area contributed by atoms with Gasteiger partial charge in [-0.15, -0.1) is 12.4 Å². The van der Waals surface area contributed by atoms with Crippen LogP contribution in [0.5, 0.6) is 0 Å². The highest BCUT2D eigenvalue weighted by Crippen LogP contribution is 2.30. The minimum absolute atomic E-state index is 0. The van der Waals surface area contributed by atoms with Gasteiger partial charge in [0.2, 0.25) is 0 Å². The Morgan fingerprint density at radius 1 is 1.26 bits per heavy atom. The number of nitrogens with zero attached hydrogens (tertiary/aromatic N) is 1. The van der Waals surface area contributed by atoms with Crippen molar-refractivity contribution < 1.29 is 9.21 Å². The molecule has 1 aromatic carbocycles. The maximum atomic E-state index is 12.7. The number of hydrogen-bond donors (Lipinski definition) is 1. The molecule has 2 aliphatic heterocycles. The number of carbonyl (C=O) groups excluding carboxylic acids is 1. The minimum atomic E-state index is -0.0152. The summed E-state index contributed by atoms with van der Waals surface area (Å²) in [5.41, 5.74) is 0.755. The number of fused-ring (bicyclic) bond motifs is 3. The topological polar surface area (TPSA) is 45.5 Å². The second kappa shape index (κ2) is 6.46. The molecule has 2 unspecified atom stereocenters. The first-order valence-corrected chi connectivity index (χ1v) is 8.62. The van der Waals surface area contributed by atoms with Crippen molar-refractivity contribution in [1.82, 2.24) is 10.2 Å². The third kappa shape index (κ3) is 3.14. The summed E-state index contributed by atoms with van der Waals surface area (Å²) in [5, 5.41) is 4.57. The van der Waals surface area contributed by atoms with E-state index >= 15 is 0 Å². The summed E-state index contributed by atoms with van der Waals surface area (Å²) in [6, 6.07) is 9.09. The number of furan rings is 1. The Morgan fingerprint density at radius 2 is 1.96 bits per heavy atom. The number of rotatable bonds is 2. The van der Waals surface area contributed by atoms with E-state index in [4.69, 9.17) is 4.42 Å². The van der Waals surface area contributed by atoms with E-state index in [2.05, 4.69) is 21.2 Å². The summed E-state index contributed by atoms with van der Waals surface area (Å²) in [6.07, 6.45) is 4.57. The Morgan fingerprint density at radius 3 is 2.65 bits per heavy atom. The lowest BCUT2D eigenvalue weighted by Crippen LogP contribution is -2.48. The third-order valence-electron chi connectivity index (χ3n) is 5.01. The maximum Gasteiger partial charge on any atom is 0.289 e. The van der Waals surface area contributed by atoms with Crippen molar-refractivity contribution in [2.24, 2.45) is 0 Å². The van der Waals surface area contributed by atoms with Crippen molar-refractivity contribution in [1.29, 1.82) is 0 Å². The summed E-state index contributed by atoms with van der Waals surface area (Å²) < 4.78 is 6.73. The summed E-state index contributed by atoms with van der Waals surface area (Å²) in [6.45, 7) is 0. The maximum absolute atomic E-state index is 12.7. The van der Waals surface area contributed by atoms with Crippen LogP contribution in [0.15, 0.2) is 33.2 Å². The second-order valence-electron chi connectivity index (χ2n) is 6.47. The van der Waals surface area contributed by atoms with Crippen LogP contribution in [0.25, 0.3) is 11.0 Å². The van der Waals surface area contributed by atoms with Gasteiger partial charge in [0, 0.05) is 35.0 Å². The largest absolute Gasteiger partial charge is 0.451 e. The van der Waals surface area contributed by atoms with E-state index in [1.54, 1.807) is 0 Å². The molecule has 2 fully saturated rings. The highest BCUT2D eigenvalue weighted by Gasteiger charge is 2.37. The van der Waals surface area contributed by atoms with E-state index < -0.39 is 0 Å². The van der Waals surface area contributed by atoms with Gasteiger partial charge < -0.3 is 14.6 Å². The van der Waals surface area contributed by atoms with Crippen LogP contribution >= 0.6 is 28.3 Å². The first-order valence-electron chi connectivity index (χ1n) is 7.82. The average molecular weight is 400 g/mol. The molecule has 1 N–H and O–H groups in total. The molecule has 2 aromatic rings. The molecule has 4 nitrogen and oxygen atoms in total. The smallest absolute Gasteiger partial charge is 0.289 e. The van der Waals surface area contributed by atoms with Gasteiger partial charge in [0.05, 0.1) is 0 Å². The predicted octanol–water partition coefficient (Wildman–Crippen LogP) is 3.97. The summed E-state index contributed by atoms with van der Waals surface area (Å²) in [5.74, 6) is 0.417. The molecule has 1 aromatic heterocycles. The molecule has 0 radical (unpaired) electrons. The number of hydrogen-bond acceptors (Lipinski definition) is 3. The number of nitrogens with one attached hydrogen (secondary N) is 1. The minimum Gasteiger partial charge on any atom is -0.451 e. The molecule has 23 heavy (non-hydrogen) atoms. The zero-order valence-electron chi connectivity index (χ0n) is 12.9. The fourth-order valence-corrected chi connectivity index (χ4v) is 4.18. The standard InChI is InChI=1S/C17H19BrN2O2.ClH/c1-20(14-8-12-3-4-13(9-14)19-12)17(21)16-7-10-6-11(18)2-5-15(10)22-16;/h2,5-7,12-14,19H,3-4,8-9H2,1H3;1H. The lowest BCUT2D eigenvalue weighted by atomic mass is 9.98. The van der Waals surface area contributed by atoms with Gasteiger partial charge in [-0.2, -0.15) is 0 Å². The van der Waals surface area contributed by atoms with Crippen LogP contribution in [0.3, 0.4) is 0 Å². The van der Waals surface area contributed by atoms with Crippen LogP contribution in [-0.2, 0) is 0 Å². The predicted molar refractivity (Wildman–Crippen MR) is 96.2 cm³/mol. The molecule has 4 rings (SSSR count). The van der Waals surface area contributed by atoms with Crippen LogP contribution < -0.4 is 5.32 Å². The van der Waals surface area contributed by atoms with Crippen molar-refractivity contribution in [3.05, 3.63) is 34.5 Å². The monoisotopic (exact) mass is 398 g/mol. The zero-order chi connectivity index (χ0) is 15.3. The van der Waals surface area contributed by atoms with Crippen LogP contribution in [0.2, 0.25) is 0 Å². The molecular formula is C17H20BrClN2O2. The highest BCUT2D eigenvalue weighted by molar-refractivity contribution is 9.10. The van der Waals surface area contributed by atoms with E-state index in [9.17, 15) is 4.79 Å². The Hall–Kier alpha value is -1.04. The van der Waals surface area contributed by atoms with Crippen LogP contribution in [0.1, 0.15) is 36.2 Å². The highest BCUT2D eigenvalue weighted by atomic mass is 79.9. The fraction of sp³-hybridized carbons (Fsp3) is 0.471. The van der Waals surface area contributed by atoms with E-state index in [1.165, 1.54) is 12.8 Å². The average Bonchev–Trinajstić information content (AvgIpc) is 3.08. The van der Waals surface area contributed by atoms with Crippen LogP contribution in [0.4, 0.5) is 0 Å². The quantitative estimate of drug-likeness (QED) is 0.831. The zero-order valence-corrected chi connectivity index (χ0v) is 15.3. The summed E-state index contributed by atoms with van der Waals surface area (Å²) >= 11 is 3.45. The Balaban J connectivity index is 0.00000156. The van der Waals surface area contributed by atoms with E-state index in [0.717, 1.165) is 28.3 Å². The molecule has 0 saturated carbocycles. The SMILES string of the molecule is CN(C(=O)c1cc2cc(Br)ccc2o1)C1CC2CCC(C1)N2.Cl. The number of carbonyl (C=O) groups is 1. The van der Waals surface area contributed by atoms with Gasteiger partial charge in [-0.25, -0.2) is 0 Å². The second-order valence-corrected chi connectivity index (χ2v) is 7.39. The summed E-state index contributed by atoms with van der Waals surface area (Å²) in [7, 11) is 1.90. The lowest BCUT2D eigenvalue weighted by Gasteiger charge is -2.35. The number of amides is 1. The van der Waals surface area contributed by atoms with Gasteiger partial charge in [-0.1, -0.05) is 15.9 Å². The molecule has 2 atom stereocenters. The Labute approximate surface area is 150 Å². The van der Waals surface area contributed by atoms with Crippen molar-refractivity contribution in [3.63, 3.8) is 0 Å². The Bertz CT molecular complexity index is 720. The molecule has 2 aliphatic rings. The third-order valence-corrected chi connectivity index (χ3v) is 5.50. The molecule has 2 bridgehead atoms. The molecule has 3 heterocycles. The molecule has 2 saturated heterocycles. The first-order chi connectivity index (χ1) is 10.6. The molecule has 0 aliphatic carbocycles. The molecule has 1 amide bonds. The Kier molecular flexibility index (Phi) is 4.72. The van der Waals surface area contributed by atoms with Gasteiger partial charge in [0.25, 0.3) is 5.91 Å². The normalized spacial score (nSPS) is 26.1. The van der Waals surface area contributed by atoms with Crippen molar-refractivity contribution in [2.75, 3.05) is 7.05 Å². The number of piperidine rings is 1. The molecule has 0 spiro atoms. The number of halogens is 2.